The number of benzene rings is 1. The first-order chi connectivity index (χ1) is 7.10. The zero-order valence-corrected chi connectivity index (χ0v) is 10.9. The van der Waals surface area contributed by atoms with Gasteiger partial charge in [-0.25, -0.2) is 0 Å². The number of hydrogen-bond donors (Lipinski definition) is 0. The third kappa shape index (κ3) is 2.78. The molecule has 0 spiro atoms. The van der Waals surface area contributed by atoms with Gasteiger partial charge in [-0.3, -0.25) is 0 Å². The third-order valence-corrected chi connectivity index (χ3v) is 2.43. The van der Waals surface area contributed by atoms with Gasteiger partial charge in [0.05, 0.1) is 24.8 Å². The SMILES string of the molecule is COc1ccc(Br)c(OC(C)C)c1OC. The molecule has 0 bridgehead atoms. The lowest BCUT2D eigenvalue weighted by molar-refractivity contribution is 0.225. The summed E-state index contributed by atoms with van der Waals surface area (Å²) in [6.45, 7) is 3.93. The molecule has 84 valence electrons. The van der Waals surface area contributed by atoms with Gasteiger partial charge >= 0.3 is 0 Å². The molecule has 0 aliphatic carbocycles. The van der Waals surface area contributed by atoms with Crippen LogP contribution in [0.1, 0.15) is 13.8 Å². The molecule has 0 aromatic heterocycles. The summed E-state index contributed by atoms with van der Waals surface area (Å²) in [5, 5.41) is 0. The van der Waals surface area contributed by atoms with Crippen molar-refractivity contribution >= 4 is 15.9 Å². The van der Waals surface area contributed by atoms with Crippen molar-refractivity contribution in [1.82, 2.24) is 0 Å². The monoisotopic (exact) mass is 274 g/mol. The number of ether oxygens (including phenoxy) is 3. The van der Waals surface area contributed by atoms with Crippen LogP contribution in [0.3, 0.4) is 0 Å². The minimum atomic E-state index is 0.0855. The molecule has 0 saturated carbocycles. The van der Waals surface area contributed by atoms with Crippen LogP contribution in [0.25, 0.3) is 0 Å². The highest BCUT2D eigenvalue weighted by molar-refractivity contribution is 9.10. The van der Waals surface area contributed by atoms with E-state index in [0.29, 0.717) is 17.2 Å². The van der Waals surface area contributed by atoms with Crippen molar-refractivity contribution in [3.05, 3.63) is 16.6 Å². The van der Waals surface area contributed by atoms with Gasteiger partial charge in [0, 0.05) is 0 Å². The lowest BCUT2D eigenvalue weighted by Gasteiger charge is -2.17. The zero-order valence-electron chi connectivity index (χ0n) is 9.33. The summed E-state index contributed by atoms with van der Waals surface area (Å²) >= 11 is 3.42. The summed E-state index contributed by atoms with van der Waals surface area (Å²) in [5.74, 6) is 1.95. The maximum atomic E-state index is 5.66. The van der Waals surface area contributed by atoms with E-state index in [1.807, 2.05) is 26.0 Å². The smallest absolute Gasteiger partial charge is 0.204 e. The summed E-state index contributed by atoms with van der Waals surface area (Å²) < 4.78 is 17.0. The molecule has 0 atom stereocenters. The van der Waals surface area contributed by atoms with Crippen LogP contribution in [0.2, 0.25) is 0 Å². The minimum Gasteiger partial charge on any atom is -0.493 e. The average Bonchev–Trinajstić information content (AvgIpc) is 2.20. The first-order valence-electron chi connectivity index (χ1n) is 4.67. The molecule has 0 unspecified atom stereocenters. The van der Waals surface area contributed by atoms with E-state index in [1.165, 1.54) is 0 Å². The highest BCUT2D eigenvalue weighted by Gasteiger charge is 2.15. The van der Waals surface area contributed by atoms with E-state index >= 15 is 0 Å². The molecule has 0 heterocycles. The van der Waals surface area contributed by atoms with Gasteiger partial charge in [0.2, 0.25) is 5.75 Å². The Bertz CT molecular complexity index is 337. The predicted molar refractivity (Wildman–Crippen MR) is 63.0 cm³/mol. The van der Waals surface area contributed by atoms with Crippen LogP contribution >= 0.6 is 15.9 Å². The molecule has 15 heavy (non-hydrogen) atoms. The van der Waals surface area contributed by atoms with Crippen LogP contribution in [0.5, 0.6) is 17.2 Å². The molecule has 1 rings (SSSR count). The number of halogens is 1. The van der Waals surface area contributed by atoms with Crippen molar-refractivity contribution in [1.29, 1.82) is 0 Å². The lowest BCUT2D eigenvalue weighted by Crippen LogP contribution is -2.07. The molecule has 0 fully saturated rings. The lowest BCUT2D eigenvalue weighted by atomic mass is 10.3. The van der Waals surface area contributed by atoms with Crippen LogP contribution in [-0.4, -0.2) is 20.3 Å². The van der Waals surface area contributed by atoms with E-state index in [1.54, 1.807) is 14.2 Å². The van der Waals surface area contributed by atoms with Crippen LogP contribution in [-0.2, 0) is 0 Å². The Morgan fingerprint density at radius 2 is 1.73 bits per heavy atom. The maximum absolute atomic E-state index is 5.66. The molecule has 0 aliphatic heterocycles. The van der Waals surface area contributed by atoms with Crippen LogP contribution < -0.4 is 14.2 Å². The molecule has 3 nitrogen and oxygen atoms in total. The van der Waals surface area contributed by atoms with Gasteiger partial charge < -0.3 is 14.2 Å². The Balaban J connectivity index is 3.19. The molecule has 0 saturated heterocycles. The van der Waals surface area contributed by atoms with Crippen molar-refractivity contribution in [2.75, 3.05) is 14.2 Å². The first-order valence-corrected chi connectivity index (χ1v) is 5.46. The molecule has 1 aromatic rings. The first kappa shape index (κ1) is 12.2. The van der Waals surface area contributed by atoms with Crippen LogP contribution in [0.15, 0.2) is 16.6 Å². The molecule has 0 radical (unpaired) electrons. The summed E-state index contributed by atoms with van der Waals surface area (Å²) in [7, 11) is 3.20. The van der Waals surface area contributed by atoms with Crippen molar-refractivity contribution in [2.24, 2.45) is 0 Å². The molecule has 0 N–H and O–H groups in total. The quantitative estimate of drug-likeness (QED) is 0.844. The highest BCUT2D eigenvalue weighted by Crippen LogP contribution is 2.42. The number of hydrogen-bond acceptors (Lipinski definition) is 3. The van der Waals surface area contributed by atoms with Gasteiger partial charge in [-0.2, -0.15) is 0 Å². The fraction of sp³-hybridized carbons (Fsp3) is 0.455. The fourth-order valence-electron chi connectivity index (χ4n) is 1.22. The van der Waals surface area contributed by atoms with Crippen molar-refractivity contribution in [3.63, 3.8) is 0 Å². The molecular weight excluding hydrogens is 260 g/mol. The van der Waals surface area contributed by atoms with Gasteiger partial charge in [0.25, 0.3) is 0 Å². The van der Waals surface area contributed by atoms with Crippen molar-refractivity contribution < 1.29 is 14.2 Å². The normalized spacial score (nSPS) is 10.3. The number of rotatable bonds is 4. The van der Waals surface area contributed by atoms with E-state index in [-0.39, 0.29) is 6.10 Å². The van der Waals surface area contributed by atoms with Crippen molar-refractivity contribution in [3.8, 4) is 17.2 Å². The zero-order chi connectivity index (χ0) is 11.4. The predicted octanol–water partition coefficient (Wildman–Crippen LogP) is 3.25. The fourth-order valence-corrected chi connectivity index (χ4v) is 1.63. The number of methoxy groups -OCH3 is 2. The van der Waals surface area contributed by atoms with Gasteiger partial charge in [-0.15, -0.1) is 0 Å². The standard InChI is InChI=1S/C11H15BrO3/c1-7(2)15-10-8(12)5-6-9(13-3)11(10)14-4/h5-7H,1-4H3. The molecule has 0 amide bonds. The average molecular weight is 275 g/mol. The Kier molecular flexibility index (Phi) is 4.27. The van der Waals surface area contributed by atoms with E-state index in [9.17, 15) is 0 Å². The molecule has 0 aliphatic rings. The van der Waals surface area contributed by atoms with E-state index in [2.05, 4.69) is 15.9 Å². The Labute approximate surface area is 98.5 Å². The molecular formula is C11H15BrO3. The Morgan fingerprint density at radius 3 is 2.20 bits per heavy atom. The summed E-state index contributed by atoms with van der Waals surface area (Å²) in [6, 6.07) is 3.70. The maximum Gasteiger partial charge on any atom is 0.204 e. The van der Waals surface area contributed by atoms with Crippen LogP contribution in [0.4, 0.5) is 0 Å². The van der Waals surface area contributed by atoms with Gasteiger partial charge in [0.1, 0.15) is 0 Å². The van der Waals surface area contributed by atoms with Gasteiger partial charge in [-0.05, 0) is 41.9 Å². The highest BCUT2D eigenvalue weighted by atomic mass is 79.9. The minimum absolute atomic E-state index is 0.0855. The topological polar surface area (TPSA) is 27.7 Å². The summed E-state index contributed by atoms with van der Waals surface area (Å²) in [6.07, 6.45) is 0.0855. The van der Waals surface area contributed by atoms with Gasteiger partial charge in [0.15, 0.2) is 11.5 Å². The van der Waals surface area contributed by atoms with Crippen molar-refractivity contribution in [2.45, 2.75) is 20.0 Å². The van der Waals surface area contributed by atoms with E-state index in [0.717, 1.165) is 4.47 Å². The van der Waals surface area contributed by atoms with Crippen LogP contribution in [0, 0.1) is 0 Å². The second kappa shape index (κ2) is 5.26. The summed E-state index contributed by atoms with van der Waals surface area (Å²) in [5.41, 5.74) is 0. The third-order valence-electron chi connectivity index (χ3n) is 1.81. The second-order valence-corrected chi connectivity index (χ2v) is 4.13. The largest absolute Gasteiger partial charge is 0.493 e. The summed E-state index contributed by atoms with van der Waals surface area (Å²) in [4.78, 5) is 0. The molecule has 4 heteroatoms. The molecule has 1 aromatic carbocycles. The van der Waals surface area contributed by atoms with E-state index in [4.69, 9.17) is 14.2 Å². The van der Waals surface area contributed by atoms with E-state index < -0.39 is 0 Å². The second-order valence-electron chi connectivity index (χ2n) is 3.28. The van der Waals surface area contributed by atoms with Gasteiger partial charge in [-0.1, -0.05) is 0 Å². The Morgan fingerprint density at radius 1 is 1.07 bits per heavy atom. The Hall–Kier alpha value is -0.900.